The number of hydrogen-bond donors (Lipinski definition) is 3. The van der Waals surface area contributed by atoms with Crippen molar-refractivity contribution in [2.24, 2.45) is 5.73 Å². The van der Waals surface area contributed by atoms with Gasteiger partial charge in [0.15, 0.2) is 0 Å². The summed E-state index contributed by atoms with van der Waals surface area (Å²) in [6, 6.07) is 4.46. The Hall–Kier alpha value is -1.31. The summed E-state index contributed by atoms with van der Waals surface area (Å²) >= 11 is 0. The molecule has 0 bridgehead atoms. The molecule has 0 saturated carbocycles. The highest BCUT2D eigenvalue weighted by Crippen LogP contribution is 2.21. The van der Waals surface area contributed by atoms with Crippen molar-refractivity contribution >= 4 is 39.7 Å². The van der Waals surface area contributed by atoms with Gasteiger partial charge in [-0.2, -0.15) is 0 Å². The largest absolute Gasteiger partial charge is 0.325 e. The topological polar surface area (TPSA) is 101 Å². The maximum Gasteiger partial charge on any atom is 0.241 e. The fourth-order valence-electron chi connectivity index (χ4n) is 1.77. The summed E-state index contributed by atoms with van der Waals surface area (Å²) in [5.74, 6) is -0.227. The van der Waals surface area contributed by atoms with Crippen molar-refractivity contribution in [2.75, 3.05) is 15.8 Å². The SMILES string of the molecule is CCCC(N)C(=O)Nc1ccc(NS(=O)(=O)CC)c(C)c1.Cl. The van der Waals surface area contributed by atoms with Crippen LogP contribution >= 0.6 is 12.4 Å². The van der Waals surface area contributed by atoms with Gasteiger partial charge in [-0.3, -0.25) is 9.52 Å². The Morgan fingerprint density at radius 1 is 1.32 bits per heavy atom. The molecule has 1 rings (SSSR count). The summed E-state index contributed by atoms with van der Waals surface area (Å²) in [5, 5.41) is 2.73. The van der Waals surface area contributed by atoms with Gasteiger partial charge < -0.3 is 11.1 Å². The number of benzene rings is 1. The number of carbonyl (C=O) groups excluding carboxylic acids is 1. The van der Waals surface area contributed by atoms with Crippen LogP contribution in [0.2, 0.25) is 0 Å². The molecule has 8 heteroatoms. The monoisotopic (exact) mass is 349 g/mol. The number of nitrogens with one attached hydrogen (secondary N) is 2. The van der Waals surface area contributed by atoms with E-state index in [-0.39, 0.29) is 24.1 Å². The first-order valence-electron chi connectivity index (χ1n) is 6.96. The number of nitrogens with two attached hydrogens (primary N) is 1. The fraction of sp³-hybridized carbons (Fsp3) is 0.500. The Labute approximate surface area is 138 Å². The van der Waals surface area contributed by atoms with E-state index in [1.807, 2.05) is 6.92 Å². The first kappa shape index (κ1) is 20.7. The van der Waals surface area contributed by atoms with E-state index in [9.17, 15) is 13.2 Å². The van der Waals surface area contributed by atoms with Crippen LogP contribution in [0.5, 0.6) is 0 Å². The van der Waals surface area contributed by atoms with Crippen LogP contribution in [0, 0.1) is 6.92 Å². The molecule has 0 aliphatic carbocycles. The van der Waals surface area contributed by atoms with Crippen LogP contribution in [0.1, 0.15) is 32.3 Å². The summed E-state index contributed by atoms with van der Waals surface area (Å²) < 4.78 is 25.6. The third-order valence-electron chi connectivity index (χ3n) is 3.08. The molecule has 1 unspecified atom stereocenters. The number of hydrogen-bond acceptors (Lipinski definition) is 4. The van der Waals surface area contributed by atoms with E-state index in [0.29, 0.717) is 17.8 Å². The minimum Gasteiger partial charge on any atom is -0.325 e. The number of anilines is 2. The minimum atomic E-state index is -3.31. The van der Waals surface area contributed by atoms with Crippen LogP contribution in [0.4, 0.5) is 11.4 Å². The standard InChI is InChI=1S/C14H23N3O3S.ClH/c1-4-6-12(15)14(18)16-11-7-8-13(10(3)9-11)17-21(19,20)5-2;/h7-9,12,17H,4-6,15H2,1-3H3,(H,16,18);1H. The van der Waals surface area contributed by atoms with Gasteiger partial charge in [0.1, 0.15) is 0 Å². The highest BCUT2D eigenvalue weighted by atomic mass is 35.5. The van der Waals surface area contributed by atoms with Crippen LogP contribution < -0.4 is 15.8 Å². The first-order valence-corrected chi connectivity index (χ1v) is 8.62. The van der Waals surface area contributed by atoms with Gasteiger partial charge in [-0.15, -0.1) is 12.4 Å². The molecule has 0 heterocycles. The Kier molecular flexibility index (Phi) is 8.44. The van der Waals surface area contributed by atoms with Gasteiger partial charge in [0.25, 0.3) is 0 Å². The molecule has 0 aromatic heterocycles. The van der Waals surface area contributed by atoms with Crippen molar-refractivity contribution in [3.8, 4) is 0 Å². The van der Waals surface area contributed by atoms with Crippen molar-refractivity contribution in [3.05, 3.63) is 23.8 Å². The molecular weight excluding hydrogens is 326 g/mol. The van der Waals surface area contributed by atoms with Gasteiger partial charge in [-0.1, -0.05) is 13.3 Å². The summed E-state index contributed by atoms with van der Waals surface area (Å²) in [6.45, 7) is 5.31. The average molecular weight is 350 g/mol. The average Bonchev–Trinajstić information content (AvgIpc) is 2.42. The van der Waals surface area contributed by atoms with E-state index in [0.717, 1.165) is 12.0 Å². The van der Waals surface area contributed by atoms with Crippen LogP contribution in [0.25, 0.3) is 0 Å². The number of carbonyl (C=O) groups is 1. The van der Waals surface area contributed by atoms with Crippen molar-refractivity contribution in [3.63, 3.8) is 0 Å². The second-order valence-corrected chi connectivity index (χ2v) is 6.93. The summed E-state index contributed by atoms with van der Waals surface area (Å²) in [6.07, 6.45) is 1.46. The zero-order valence-electron chi connectivity index (χ0n) is 13.0. The minimum absolute atomic E-state index is 0. The Bertz CT molecular complexity index is 605. The number of sulfonamides is 1. The van der Waals surface area contributed by atoms with E-state index in [1.54, 1.807) is 32.0 Å². The molecule has 1 atom stereocenters. The second kappa shape index (κ2) is 8.97. The van der Waals surface area contributed by atoms with Gasteiger partial charge >= 0.3 is 0 Å². The Morgan fingerprint density at radius 2 is 1.95 bits per heavy atom. The van der Waals surface area contributed by atoms with E-state index >= 15 is 0 Å². The maximum atomic E-state index is 11.8. The molecule has 22 heavy (non-hydrogen) atoms. The molecule has 6 nitrogen and oxygen atoms in total. The molecule has 0 fully saturated rings. The van der Waals surface area contributed by atoms with Gasteiger partial charge in [0.05, 0.1) is 17.5 Å². The zero-order valence-corrected chi connectivity index (χ0v) is 14.7. The predicted molar refractivity (Wildman–Crippen MR) is 93.0 cm³/mol. The Morgan fingerprint density at radius 3 is 2.45 bits per heavy atom. The molecule has 1 amide bonds. The summed E-state index contributed by atoms with van der Waals surface area (Å²) in [4.78, 5) is 11.8. The van der Waals surface area contributed by atoms with Crippen molar-refractivity contribution in [1.29, 1.82) is 0 Å². The molecule has 1 aromatic rings. The van der Waals surface area contributed by atoms with Crippen LogP contribution in [0.3, 0.4) is 0 Å². The second-order valence-electron chi connectivity index (χ2n) is 4.92. The highest BCUT2D eigenvalue weighted by Gasteiger charge is 2.13. The van der Waals surface area contributed by atoms with Crippen molar-refractivity contribution < 1.29 is 13.2 Å². The first-order chi connectivity index (χ1) is 9.79. The molecule has 126 valence electrons. The number of rotatable bonds is 7. The van der Waals surface area contributed by atoms with E-state index in [2.05, 4.69) is 10.0 Å². The molecule has 0 radical (unpaired) electrons. The number of aryl methyl sites for hydroxylation is 1. The third kappa shape index (κ3) is 6.21. The smallest absolute Gasteiger partial charge is 0.241 e. The molecule has 0 aliphatic rings. The molecule has 0 saturated heterocycles. The van der Waals surface area contributed by atoms with Crippen molar-refractivity contribution in [1.82, 2.24) is 0 Å². The number of halogens is 1. The van der Waals surface area contributed by atoms with Gasteiger partial charge in [-0.25, -0.2) is 8.42 Å². The lowest BCUT2D eigenvalue weighted by atomic mass is 10.1. The lowest BCUT2D eigenvalue weighted by Gasteiger charge is -2.14. The van der Waals surface area contributed by atoms with E-state index in [4.69, 9.17) is 5.73 Å². The molecule has 4 N–H and O–H groups in total. The normalized spacial score (nSPS) is 12.2. The van der Waals surface area contributed by atoms with Crippen LogP contribution in [-0.4, -0.2) is 26.1 Å². The summed E-state index contributed by atoms with van der Waals surface area (Å²) in [7, 11) is -3.31. The van der Waals surface area contributed by atoms with Crippen molar-refractivity contribution in [2.45, 2.75) is 39.7 Å². The van der Waals surface area contributed by atoms with Gasteiger partial charge in [0, 0.05) is 5.69 Å². The van der Waals surface area contributed by atoms with Gasteiger partial charge in [-0.05, 0) is 44.0 Å². The highest BCUT2D eigenvalue weighted by molar-refractivity contribution is 7.92. The quantitative estimate of drug-likeness (QED) is 0.702. The predicted octanol–water partition coefficient (Wildman–Crippen LogP) is 2.24. The third-order valence-corrected chi connectivity index (χ3v) is 4.37. The summed E-state index contributed by atoms with van der Waals surface area (Å²) in [5.41, 5.74) is 7.58. The number of amides is 1. The fourth-order valence-corrected chi connectivity index (χ4v) is 2.48. The molecular formula is C14H24ClN3O3S. The van der Waals surface area contributed by atoms with E-state index < -0.39 is 16.1 Å². The van der Waals surface area contributed by atoms with Crippen LogP contribution in [-0.2, 0) is 14.8 Å². The maximum absolute atomic E-state index is 11.8. The van der Waals surface area contributed by atoms with E-state index in [1.165, 1.54) is 0 Å². The molecule has 0 spiro atoms. The Balaban J connectivity index is 0.00000441. The van der Waals surface area contributed by atoms with Gasteiger partial charge in [0.2, 0.25) is 15.9 Å². The molecule has 0 aliphatic heterocycles. The zero-order chi connectivity index (χ0) is 16.0. The van der Waals surface area contributed by atoms with Crippen LogP contribution in [0.15, 0.2) is 18.2 Å². The molecule has 1 aromatic carbocycles. The lowest BCUT2D eigenvalue weighted by Crippen LogP contribution is -2.35. The lowest BCUT2D eigenvalue weighted by molar-refractivity contribution is -0.117.